The van der Waals surface area contributed by atoms with Crippen LogP contribution in [0.5, 0.6) is 11.5 Å². The number of ether oxygens (including phenoxy) is 2. The molecule has 6 heteroatoms. The summed E-state index contributed by atoms with van der Waals surface area (Å²) in [4.78, 5) is 9.20. The van der Waals surface area contributed by atoms with Crippen LogP contribution in [0.2, 0.25) is 0 Å². The molecule has 3 rings (SSSR count). The van der Waals surface area contributed by atoms with E-state index in [1.807, 2.05) is 49.4 Å². The summed E-state index contributed by atoms with van der Waals surface area (Å²) >= 11 is 0. The highest BCUT2D eigenvalue weighted by Crippen LogP contribution is 2.33. The third-order valence-electron chi connectivity index (χ3n) is 4.51. The highest BCUT2D eigenvalue weighted by molar-refractivity contribution is 5.67. The predicted molar refractivity (Wildman–Crippen MR) is 118 cm³/mol. The molecule has 0 aliphatic carbocycles. The average Bonchev–Trinajstić information content (AvgIpc) is 2.67. The fraction of sp³-hybridized carbons (Fsp3) is 0.304. The number of benzene rings is 2. The van der Waals surface area contributed by atoms with Crippen LogP contribution >= 0.6 is 0 Å². The molecule has 0 amide bonds. The van der Waals surface area contributed by atoms with Gasteiger partial charge in [0.25, 0.3) is 0 Å². The summed E-state index contributed by atoms with van der Waals surface area (Å²) in [5.41, 5.74) is 3.86. The summed E-state index contributed by atoms with van der Waals surface area (Å²) in [6, 6.07) is 15.7. The number of nitrogens with one attached hydrogen (secondary N) is 2. The molecule has 0 spiro atoms. The van der Waals surface area contributed by atoms with Crippen molar-refractivity contribution in [2.45, 2.75) is 33.1 Å². The highest BCUT2D eigenvalue weighted by Gasteiger charge is 2.18. The lowest BCUT2D eigenvalue weighted by molar-refractivity contribution is 0.395. The maximum atomic E-state index is 5.47. The Hall–Kier alpha value is -3.28. The topological polar surface area (TPSA) is 68.3 Å². The molecule has 0 fully saturated rings. The van der Waals surface area contributed by atoms with Gasteiger partial charge in [-0.3, -0.25) is 0 Å². The Bertz CT molecular complexity index is 996. The standard InChI is InChI=1S/C23H28N4O2/c1-15-13-21(25-19-12-11-16(28-5)14-20(19)29-6)27-22(24-15)26-18-10-8-7-9-17(18)23(2,3)4/h7-14H,1-6H3,(H2,24,25,26,27). The zero-order chi connectivity index (χ0) is 21.0. The van der Waals surface area contributed by atoms with E-state index >= 15 is 0 Å². The lowest BCUT2D eigenvalue weighted by Crippen LogP contribution is -2.14. The van der Waals surface area contributed by atoms with E-state index in [0.29, 0.717) is 17.5 Å². The van der Waals surface area contributed by atoms with Gasteiger partial charge < -0.3 is 20.1 Å². The van der Waals surface area contributed by atoms with Gasteiger partial charge in [-0.2, -0.15) is 4.98 Å². The van der Waals surface area contributed by atoms with E-state index in [0.717, 1.165) is 22.8 Å². The number of anilines is 4. The summed E-state index contributed by atoms with van der Waals surface area (Å²) in [6.45, 7) is 8.51. The first-order valence-corrected chi connectivity index (χ1v) is 9.51. The van der Waals surface area contributed by atoms with E-state index in [2.05, 4.69) is 47.4 Å². The van der Waals surface area contributed by atoms with E-state index in [9.17, 15) is 0 Å². The minimum atomic E-state index is 0.00492. The molecule has 0 unspecified atom stereocenters. The van der Waals surface area contributed by atoms with Gasteiger partial charge in [0.2, 0.25) is 5.95 Å². The van der Waals surface area contributed by atoms with Crippen molar-refractivity contribution in [3.8, 4) is 11.5 Å². The van der Waals surface area contributed by atoms with Gasteiger partial charge in [0, 0.05) is 23.5 Å². The monoisotopic (exact) mass is 392 g/mol. The fourth-order valence-electron chi connectivity index (χ4n) is 3.09. The van der Waals surface area contributed by atoms with Crippen molar-refractivity contribution < 1.29 is 9.47 Å². The van der Waals surface area contributed by atoms with Crippen molar-refractivity contribution in [3.05, 3.63) is 59.8 Å². The molecule has 2 aromatic carbocycles. The smallest absolute Gasteiger partial charge is 0.229 e. The summed E-state index contributed by atoms with van der Waals surface area (Å²) in [5.74, 6) is 2.62. The predicted octanol–water partition coefficient (Wildman–Crippen LogP) is 5.59. The van der Waals surface area contributed by atoms with Crippen LogP contribution in [0.25, 0.3) is 0 Å². The molecule has 1 heterocycles. The normalized spacial score (nSPS) is 11.1. The number of aromatic nitrogens is 2. The summed E-state index contributed by atoms with van der Waals surface area (Å²) < 4.78 is 10.7. The van der Waals surface area contributed by atoms with Crippen LogP contribution in [-0.2, 0) is 5.41 Å². The third kappa shape index (κ3) is 4.96. The first kappa shape index (κ1) is 20.5. The Morgan fingerprint density at radius 3 is 2.28 bits per heavy atom. The molecule has 0 bridgehead atoms. The van der Waals surface area contributed by atoms with Crippen LogP contribution < -0.4 is 20.1 Å². The maximum Gasteiger partial charge on any atom is 0.229 e. The number of para-hydroxylation sites is 1. The van der Waals surface area contributed by atoms with Gasteiger partial charge in [0.05, 0.1) is 19.9 Å². The summed E-state index contributed by atoms with van der Waals surface area (Å²) in [5, 5.41) is 6.69. The molecule has 0 aliphatic heterocycles. The summed E-state index contributed by atoms with van der Waals surface area (Å²) in [7, 11) is 3.25. The molecule has 6 nitrogen and oxygen atoms in total. The van der Waals surface area contributed by atoms with Gasteiger partial charge in [-0.25, -0.2) is 4.98 Å². The van der Waals surface area contributed by atoms with Gasteiger partial charge in [0.15, 0.2) is 0 Å². The van der Waals surface area contributed by atoms with E-state index in [1.54, 1.807) is 14.2 Å². The highest BCUT2D eigenvalue weighted by atomic mass is 16.5. The number of aryl methyl sites for hydroxylation is 1. The Kier molecular flexibility index (Phi) is 5.92. The van der Waals surface area contributed by atoms with E-state index in [4.69, 9.17) is 9.47 Å². The number of methoxy groups -OCH3 is 2. The van der Waals surface area contributed by atoms with Crippen molar-refractivity contribution in [2.75, 3.05) is 24.9 Å². The molecule has 0 saturated heterocycles. The van der Waals surface area contributed by atoms with Crippen molar-refractivity contribution in [2.24, 2.45) is 0 Å². The van der Waals surface area contributed by atoms with Crippen LogP contribution in [0.15, 0.2) is 48.5 Å². The molecule has 152 valence electrons. The van der Waals surface area contributed by atoms with E-state index in [1.165, 1.54) is 5.56 Å². The van der Waals surface area contributed by atoms with Crippen LogP contribution in [0.3, 0.4) is 0 Å². The molecule has 2 N–H and O–H groups in total. The van der Waals surface area contributed by atoms with Crippen molar-refractivity contribution in [1.82, 2.24) is 9.97 Å². The number of rotatable bonds is 6. The zero-order valence-corrected chi connectivity index (χ0v) is 17.8. The molecule has 0 aliphatic rings. The molecule has 0 saturated carbocycles. The lowest BCUT2D eigenvalue weighted by atomic mass is 9.86. The number of hydrogen-bond donors (Lipinski definition) is 2. The molecule has 1 aromatic heterocycles. The Balaban J connectivity index is 1.91. The maximum absolute atomic E-state index is 5.47. The molecular formula is C23H28N4O2. The van der Waals surface area contributed by atoms with Crippen LogP contribution in [0.1, 0.15) is 32.0 Å². The second-order valence-electron chi connectivity index (χ2n) is 7.83. The minimum absolute atomic E-state index is 0.00492. The van der Waals surface area contributed by atoms with Crippen LogP contribution in [0.4, 0.5) is 23.1 Å². The second kappa shape index (κ2) is 8.39. The molecule has 0 atom stereocenters. The Morgan fingerprint density at radius 1 is 0.828 bits per heavy atom. The van der Waals surface area contributed by atoms with Crippen LogP contribution in [0, 0.1) is 6.92 Å². The molecule has 3 aromatic rings. The SMILES string of the molecule is COc1ccc(Nc2cc(C)nc(Nc3ccccc3C(C)(C)C)n2)c(OC)c1. The minimum Gasteiger partial charge on any atom is -0.497 e. The first-order chi connectivity index (χ1) is 13.8. The second-order valence-corrected chi connectivity index (χ2v) is 7.83. The van der Waals surface area contributed by atoms with Crippen molar-refractivity contribution >= 4 is 23.1 Å². The van der Waals surface area contributed by atoms with Crippen molar-refractivity contribution in [1.29, 1.82) is 0 Å². The van der Waals surface area contributed by atoms with E-state index in [-0.39, 0.29) is 5.41 Å². The van der Waals surface area contributed by atoms with Crippen molar-refractivity contribution in [3.63, 3.8) is 0 Å². The average molecular weight is 393 g/mol. The molecular weight excluding hydrogens is 364 g/mol. The summed E-state index contributed by atoms with van der Waals surface area (Å²) in [6.07, 6.45) is 0. The number of nitrogens with zero attached hydrogens (tertiary/aromatic N) is 2. The van der Waals surface area contributed by atoms with E-state index < -0.39 is 0 Å². The Labute approximate surface area is 172 Å². The molecule has 0 radical (unpaired) electrons. The van der Waals surface area contributed by atoms with Gasteiger partial charge in [-0.1, -0.05) is 39.0 Å². The fourth-order valence-corrected chi connectivity index (χ4v) is 3.09. The largest absolute Gasteiger partial charge is 0.497 e. The first-order valence-electron chi connectivity index (χ1n) is 9.51. The van der Waals surface area contributed by atoms with Gasteiger partial charge in [-0.15, -0.1) is 0 Å². The number of hydrogen-bond acceptors (Lipinski definition) is 6. The van der Waals surface area contributed by atoms with Gasteiger partial charge in [0.1, 0.15) is 17.3 Å². The molecule has 29 heavy (non-hydrogen) atoms. The van der Waals surface area contributed by atoms with Gasteiger partial charge in [-0.05, 0) is 36.1 Å². The quantitative estimate of drug-likeness (QED) is 0.570. The van der Waals surface area contributed by atoms with Crippen LogP contribution in [-0.4, -0.2) is 24.2 Å². The van der Waals surface area contributed by atoms with Gasteiger partial charge >= 0.3 is 0 Å². The lowest BCUT2D eigenvalue weighted by Gasteiger charge is -2.23. The zero-order valence-electron chi connectivity index (χ0n) is 17.8. The Morgan fingerprint density at radius 2 is 1.59 bits per heavy atom. The third-order valence-corrected chi connectivity index (χ3v) is 4.51.